The summed E-state index contributed by atoms with van der Waals surface area (Å²) in [6.07, 6.45) is 6.91. The second kappa shape index (κ2) is 2.68. The number of dihydropyridines is 1. The Morgan fingerprint density at radius 2 is 2.50 bits per heavy atom. The maximum absolute atomic E-state index is 5.94. The predicted octanol–water partition coefficient (Wildman–Crippen LogP) is 0.0749. The Labute approximate surface area is 72.7 Å². The Morgan fingerprint density at radius 1 is 1.75 bits per heavy atom. The Hall–Kier alpha value is -0.670. The maximum Gasteiger partial charge on any atom is 0.0879 e. The molecule has 2 heterocycles. The first-order valence-corrected chi connectivity index (χ1v) is 4.49. The largest absolute Gasteiger partial charge is 0.323 e. The molecule has 2 aliphatic heterocycles. The van der Waals surface area contributed by atoms with E-state index in [1.54, 1.807) is 0 Å². The molecule has 66 valence electrons. The molecule has 0 aromatic rings. The number of aliphatic imine (C=N–C) groups is 1. The van der Waals surface area contributed by atoms with Crippen molar-refractivity contribution in [2.24, 2.45) is 10.7 Å². The van der Waals surface area contributed by atoms with Gasteiger partial charge in [0.1, 0.15) is 0 Å². The van der Waals surface area contributed by atoms with Crippen LogP contribution in [0.1, 0.15) is 13.3 Å². The lowest BCUT2D eigenvalue weighted by Gasteiger charge is -2.26. The van der Waals surface area contributed by atoms with Crippen molar-refractivity contribution < 1.29 is 0 Å². The minimum absolute atomic E-state index is 0.0879. The highest BCUT2D eigenvalue weighted by Gasteiger charge is 2.49. The highest BCUT2D eigenvalue weighted by molar-refractivity contribution is 5.73. The number of nitrogens with zero attached hydrogens (tertiary/aromatic N) is 1. The molecule has 0 spiro atoms. The summed E-state index contributed by atoms with van der Waals surface area (Å²) in [5.74, 6) is 0. The summed E-state index contributed by atoms with van der Waals surface area (Å²) in [4.78, 5) is 4.42. The zero-order valence-corrected chi connectivity index (χ0v) is 7.33. The first-order valence-electron chi connectivity index (χ1n) is 4.49. The molecule has 1 saturated heterocycles. The van der Waals surface area contributed by atoms with Crippen molar-refractivity contribution in [2.75, 3.05) is 6.54 Å². The molecular formula is C9H15N3. The molecule has 2 rings (SSSR count). The summed E-state index contributed by atoms with van der Waals surface area (Å²) in [6, 6.07) is 0.331. The van der Waals surface area contributed by atoms with Gasteiger partial charge in [-0.2, -0.15) is 0 Å². The van der Waals surface area contributed by atoms with Crippen molar-refractivity contribution in [1.29, 1.82) is 0 Å². The smallest absolute Gasteiger partial charge is 0.0879 e. The van der Waals surface area contributed by atoms with E-state index in [1.807, 2.05) is 18.4 Å². The molecule has 0 aromatic carbocycles. The van der Waals surface area contributed by atoms with Gasteiger partial charge in [0.25, 0.3) is 0 Å². The molecule has 12 heavy (non-hydrogen) atoms. The Kier molecular flexibility index (Phi) is 1.77. The van der Waals surface area contributed by atoms with Gasteiger partial charge >= 0.3 is 0 Å². The summed E-state index contributed by atoms with van der Waals surface area (Å²) >= 11 is 0. The van der Waals surface area contributed by atoms with Crippen LogP contribution in [0.4, 0.5) is 0 Å². The van der Waals surface area contributed by atoms with Crippen molar-refractivity contribution in [3.8, 4) is 0 Å². The quantitative estimate of drug-likeness (QED) is 0.569. The normalized spacial score (nSPS) is 44.8. The van der Waals surface area contributed by atoms with Crippen LogP contribution < -0.4 is 11.1 Å². The topological polar surface area (TPSA) is 60.3 Å². The molecule has 1 fully saturated rings. The first kappa shape index (κ1) is 7.95. The highest BCUT2D eigenvalue weighted by Crippen LogP contribution is 2.30. The fourth-order valence-corrected chi connectivity index (χ4v) is 1.82. The molecule has 0 saturated carbocycles. The van der Waals surface area contributed by atoms with E-state index >= 15 is 0 Å². The first-order chi connectivity index (χ1) is 5.78. The van der Waals surface area contributed by atoms with Gasteiger partial charge in [-0.25, -0.2) is 0 Å². The van der Waals surface area contributed by atoms with Gasteiger partial charge in [0, 0.05) is 18.8 Å². The van der Waals surface area contributed by atoms with Gasteiger partial charge < -0.3 is 11.1 Å². The third-order valence-corrected chi connectivity index (χ3v) is 2.86. The number of rotatable bonds is 2. The SMILES string of the molecule is CCC1(C2N=CC=CC2N)CN1. The van der Waals surface area contributed by atoms with Crippen LogP contribution in [0.3, 0.4) is 0 Å². The second-order valence-electron chi connectivity index (χ2n) is 3.57. The van der Waals surface area contributed by atoms with Crippen molar-refractivity contribution in [2.45, 2.75) is 31.0 Å². The summed E-state index contributed by atoms with van der Waals surface area (Å²) in [5, 5.41) is 3.37. The van der Waals surface area contributed by atoms with Gasteiger partial charge in [-0.15, -0.1) is 0 Å². The van der Waals surface area contributed by atoms with Crippen LogP contribution in [0.5, 0.6) is 0 Å². The predicted molar refractivity (Wildman–Crippen MR) is 50.4 cm³/mol. The zero-order valence-electron chi connectivity index (χ0n) is 7.33. The van der Waals surface area contributed by atoms with Crippen LogP contribution in [0, 0.1) is 0 Å². The molecule has 0 aromatic heterocycles. The van der Waals surface area contributed by atoms with E-state index in [-0.39, 0.29) is 17.6 Å². The van der Waals surface area contributed by atoms with Gasteiger partial charge in [0.2, 0.25) is 0 Å². The van der Waals surface area contributed by atoms with Crippen molar-refractivity contribution >= 4 is 6.21 Å². The monoisotopic (exact) mass is 165 g/mol. The van der Waals surface area contributed by atoms with Crippen molar-refractivity contribution in [1.82, 2.24) is 5.32 Å². The molecule has 0 amide bonds. The zero-order chi connectivity index (χ0) is 8.60. The molecule has 3 heteroatoms. The molecule has 3 unspecified atom stereocenters. The van der Waals surface area contributed by atoms with E-state index in [1.165, 1.54) is 0 Å². The summed E-state index contributed by atoms with van der Waals surface area (Å²) in [6.45, 7) is 3.24. The molecule has 0 aliphatic carbocycles. The van der Waals surface area contributed by atoms with Gasteiger partial charge in [-0.3, -0.25) is 4.99 Å². The Bertz CT molecular complexity index is 228. The van der Waals surface area contributed by atoms with Gasteiger partial charge in [-0.05, 0) is 12.5 Å². The van der Waals surface area contributed by atoms with Crippen LogP contribution in [0.15, 0.2) is 17.1 Å². The van der Waals surface area contributed by atoms with E-state index in [0.717, 1.165) is 13.0 Å². The molecule has 0 radical (unpaired) electrons. The van der Waals surface area contributed by atoms with Crippen molar-refractivity contribution in [3.05, 3.63) is 12.2 Å². The summed E-state index contributed by atoms with van der Waals surface area (Å²) in [7, 11) is 0. The van der Waals surface area contributed by atoms with Crippen LogP contribution in [-0.2, 0) is 0 Å². The lowest BCUT2D eigenvalue weighted by molar-refractivity contribution is 0.443. The third-order valence-electron chi connectivity index (χ3n) is 2.86. The number of nitrogens with two attached hydrogens (primary N) is 1. The number of nitrogens with one attached hydrogen (secondary N) is 1. The Balaban J connectivity index is 2.13. The fourth-order valence-electron chi connectivity index (χ4n) is 1.82. The van der Waals surface area contributed by atoms with Crippen LogP contribution in [-0.4, -0.2) is 30.4 Å². The molecule has 0 bridgehead atoms. The molecular weight excluding hydrogens is 150 g/mol. The average Bonchev–Trinajstić information content (AvgIpc) is 2.86. The lowest BCUT2D eigenvalue weighted by Crippen LogP contribution is -2.45. The summed E-state index contributed by atoms with van der Waals surface area (Å²) in [5.41, 5.74) is 6.15. The molecule has 3 nitrogen and oxygen atoms in total. The molecule has 3 N–H and O–H groups in total. The number of allylic oxidation sites excluding steroid dienone is 1. The molecule has 2 aliphatic rings. The van der Waals surface area contributed by atoms with Gasteiger partial charge in [0.15, 0.2) is 0 Å². The lowest BCUT2D eigenvalue weighted by atomic mass is 9.90. The standard InChI is InChI=1S/C9H15N3/c1-2-9(6-12-9)8-7(10)4-3-5-11-8/h3-5,7-8,12H,2,6,10H2,1H3. The van der Waals surface area contributed by atoms with Crippen molar-refractivity contribution in [3.63, 3.8) is 0 Å². The van der Waals surface area contributed by atoms with Crippen LogP contribution in [0.2, 0.25) is 0 Å². The number of hydrogen-bond acceptors (Lipinski definition) is 3. The third kappa shape index (κ3) is 1.09. The molecule has 3 atom stereocenters. The van der Waals surface area contributed by atoms with E-state index in [2.05, 4.69) is 17.2 Å². The minimum Gasteiger partial charge on any atom is -0.323 e. The van der Waals surface area contributed by atoms with Crippen LogP contribution >= 0.6 is 0 Å². The minimum atomic E-state index is 0.0879. The van der Waals surface area contributed by atoms with E-state index in [4.69, 9.17) is 5.73 Å². The van der Waals surface area contributed by atoms with E-state index in [9.17, 15) is 0 Å². The second-order valence-corrected chi connectivity index (χ2v) is 3.57. The van der Waals surface area contributed by atoms with Gasteiger partial charge in [0.05, 0.1) is 11.6 Å². The van der Waals surface area contributed by atoms with Crippen LogP contribution in [0.25, 0.3) is 0 Å². The fraction of sp³-hybridized carbons (Fsp3) is 0.667. The van der Waals surface area contributed by atoms with E-state index in [0.29, 0.717) is 0 Å². The van der Waals surface area contributed by atoms with Gasteiger partial charge in [-0.1, -0.05) is 13.0 Å². The maximum atomic E-state index is 5.94. The van der Waals surface area contributed by atoms with E-state index < -0.39 is 0 Å². The average molecular weight is 165 g/mol. The Morgan fingerprint density at radius 3 is 3.00 bits per heavy atom. The summed E-state index contributed by atoms with van der Waals surface area (Å²) < 4.78 is 0. The highest BCUT2D eigenvalue weighted by atomic mass is 15.2. The number of hydrogen-bond donors (Lipinski definition) is 2.